The summed E-state index contributed by atoms with van der Waals surface area (Å²) in [6, 6.07) is 13.0. The number of nitrogens with two attached hydrogens (primary N) is 1. The van der Waals surface area contributed by atoms with Crippen molar-refractivity contribution in [3.05, 3.63) is 64.7 Å². The van der Waals surface area contributed by atoms with Crippen molar-refractivity contribution in [1.82, 2.24) is 0 Å². The van der Waals surface area contributed by atoms with Gasteiger partial charge in [-0.1, -0.05) is 30.3 Å². The summed E-state index contributed by atoms with van der Waals surface area (Å²) in [5.41, 5.74) is 9.84. The zero-order chi connectivity index (χ0) is 14.9. The van der Waals surface area contributed by atoms with Crippen LogP contribution in [0.15, 0.2) is 47.4 Å². The van der Waals surface area contributed by atoms with E-state index in [1.807, 2.05) is 36.4 Å². The van der Waals surface area contributed by atoms with Gasteiger partial charge in [-0.05, 0) is 53.6 Å². The van der Waals surface area contributed by atoms with Crippen molar-refractivity contribution in [3.63, 3.8) is 0 Å². The largest absolute Gasteiger partial charge is 0.326 e. The van der Waals surface area contributed by atoms with Crippen molar-refractivity contribution in [2.24, 2.45) is 5.73 Å². The maximum Gasteiger partial charge on any atom is 0.182 e. The Labute approximate surface area is 125 Å². The van der Waals surface area contributed by atoms with Crippen LogP contribution in [0.4, 0.5) is 0 Å². The standard InChI is InChI=1S/C17H19NO2S/c18-11-13-4-6-14(7-5-13)12-21(19,20)17-9-8-15-2-1-3-16(15)10-17/h4-10H,1-3,11-12,18H2. The fourth-order valence-electron chi connectivity index (χ4n) is 2.82. The van der Waals surface area contributed by atoms with Crippen LogP contribution >= 0.6 is 0 Å². The first-order chi connectivity index (χ1) is 10.1. The molecule has 0 bridgehead atoms. The summed E-state index contributed by atoms with van der Waals surface area (Å²) in [7, 11) is -3.29. The summed E-state index contributed by atoms with van der Waals surface area (Å²) in [5.74, 6) is 0.0383. The van der Waals surface area contributed by atoms with Crippen molar-refractivity contribution in [1.29, 1.82) is 0 Å². The minimum atomic E-state index is -3.29. The van der Waals surface area contributed by atoms with Gasteiger partial charge in [-0.2, -0.15) is 0 Å². The fourth-order valence-corrected chi connectivity index (χ4v) is 4.21. The highest BCUT2D eigenvalue weighted by Gasteiger charge is 2.19. The van der Waals surface area contributed by atoms with Crippen LogP contribution in [0.25, 0.3) is 0 Å². The number of rotatable bonds is 4. The third-order valence-electron chi connectivity index (χ3n) is 4.04. The van der Waals surface area contributed by atoms with E-state index < -0.39 is 9.84 Å². The van der Waals surface area contributed by atoms with Crippen molar-refractivity contribution < 1.29 is 8.42 Å². The molecule has 4 heteroatoms. The third kappa shape index (κ3) is 3.01. The first kappa shape index (κ1) is 14.3. The predicted octanol–water partition coefficient (Wildman–Crippen LogP) is 2.61. The smallest absolute Gasteiger partial charge is 0.182 e. The molecule has 21 heavy (non-hydrogen) atoms. The predicted molar refractivity (Wildman–Crippen MR) is 83.7 cm³/mol. The van der Waals surface area contributed by atoms with Gasteiger partial charge in [0.15, 0.2) is 9.84 Å². The van der Waals surface area contributed by atoms with E-state index in [2.05, 4.69) is 0 Å². The van der Waals surface area contributed by atoms with Gasteiger partial charge < -0.3 is 5.73 Å². The molecule has 0 unspecified atom stereocenters. The summed E-state index contributed by atoms with van der Waals surface area (Å²) >= 11 is 0. The lowest BCUT2D eigenvalue weighted by atomic mass is 10.1. The van der Waals surface area contributed by atoms with Gasteiger partial charge in [0.25, 0.3) is 0 Å². The Bertz CT molecular complexity index is 749. The van der Waals surface area contributed by atoms with Crippen LogP contribution < -0.4 is 5.73 Å². The lowest BCUT2D eigenvalue weighted by Gasteiger charge is -2.08. The zero-order valence-electron chi connectivity index (χ0n) is 11.9. The van der Waals surface area contributed by atoms with E-state index in [0.29, 0.717) is 11.4 Å². The molecule has 0 aliphatic heterocycles. The second-order valence-corrected chi connectivity index (χ2v) is 7.55. The number of hydrogen-bond acceptors (Lipinski definition) is 3. The monoisotopic (exact) mass is 301 g/mol. The molecule has 0 fully saturated rings. The molecule has 0 saturated carbocycles. The van der Waals surface area contributed by atoms with Crippen molar-refractivity contribution in [2.75, 3.05) is 0 Å². The normalized spacial score (nSPS) is 14.1. The van der Waals surface area contributed by atoms with E-state index >= 15 is 0 Å². The zero-order valence-corrected chi connectivity index (χ0v) is 12.7. The van der Waals surface area contributed by atoms with Crippen LogP contribution in [0.3, 0.4) is 0 Å². The number of sulfone groups is 1. The molecule has 3 nitrogen and oxygen atoms in total. The van der Waals surface area contributed by atoms with Gasteiger partial charge in [0.05, 0.1) is 10.6 Å². The van der Waals surface area contributed by atoms with Gasteiger partial charge >= 0.3 is 0 Å². The van der Waals surface area contributed by atoms with Gasteiger partial charge in [-0.3, -0.25) is 0 Å². The molecule has 0 amide bonds. The Balaban J connectivity index is 1.86. The molecule has 110 valence electrons. The summed E-state index contributed by atoms with van der Waals surface area (Å²) in [6.45, 7) is 0.470. The molecular formula is C17H19NO2S. The molecule has 0 aromatic heterocycles. The summed E-state index contributed by atoms with van der Waals surface area (Å²) in [4.78, 5) is 0.436. The average molecular weight is 301 g/mol. The van der Waals surface area contributed by atoms with Crippen molar-refractivity contribution in [2.45, 2.75) is 36.5 Å². The fraction of sp³-hybridized carbons (Fsp3) is 0.294. The number of hydrogen-bond donors (Lipinski definition) is 1. The Hall–Kier alpha value is -1.65. The molecule has 0 radical (unpaired) electrons. The molecule has 0 heterocycles. The first-order valence-corrected chi connectivity index (χ1v) is 8.86. The Morgan fingerprint density at radius 3 is 2.29 bits per heavy atom. The summed E-state index contributed by atoms with van der Waals surface area (Å²) in [5, 5.41) is 0. The van der Waals surface area contributed by atoms with Crippen LogP contribution in [0.2, 0.25) is 0 Å². The quantitative estimate of drug-likeness (QED) is 0.944. The minimum Gasteiger partial charge on any atom is -0.326 e. The first-order valence-electron chi connectivity index (χ1n) is 7.21. The SMILES string of the molecule is NCc1ccc(CS(=O)(=O)c2ccc3c(c2)CCC3)cc1. The Morgan fingerprint density at radius 2 is 1.57 bits per heavy atom. The maximum absolute atomic E-state index is 12.5. The molecule has 1 aliphatic carbocycles. The van der Waals surface area contributed by atoms with Crippen LogP contribution in [0.5, 0.6) is 0 Å². The van der Waals surface area contributed by atoms with Crippen molar-refractivity contribution in [3.8, 4) is 0 Å². The Morgan fingerprint density at radius 1 is 0.905 bits per heavy atom. The van der Waals surface area contributed by atoms with Gasteiger partial charge in [-0.15, -0.1) is 0 Å². The molecule has 0 spiro atoms. The number of fused-ring (bicyclic) bond motifs is 1. The van der Waals surface area contributed by atoms with Crippen LogP contribution in [-0.4, -0.2) is 8.42 Å². The van der Waals surface area contributed by atoms with E-state index in [9.17, 15) is 8.42 Å². The molecule has 1 aliphatic rings. The minimum absolute atomic E-state index is 0.0383. The van der Waals surface area contributed by atoms with Crippen LogP contribution in [-0.2, 0) is 35.0 Å². The topological polar surface area (TPSA) is 60.2 Å². The summed E-state index contributed by atoms with van der Waals surface area (Å²) < 4.78 is 25.1. The molecule has 3 rings (SSSR count). The molecule has 0 atom stereocenters. The third-order valence-corrected chi connectivity index (χ3v) is 5.73. The van der Waals surface area contributed by atoms with E-state index in [1.165, 1.54) is 11.1 Å². The van der Waals surface area contributed by atoms with E-state index in [4.69, 9.17) is 5.73 Å². The molecule has 0 saturated heterocycles. The van der Waals surface area contributed by atoms with Crippen LogP contribution in [0, 0.1) is 0 Å². The van der Waals surface area contributed by atoms with E-state index in [1.54, 1.807) is 6.07 Å². The second kappa shape index (κ2) is 5.62. The highest BCUT2D eigenvalue weighted by atomic mass is 32.2. The molecular weight excluding hydrogens is 282 g/mol. The lowest BCUT2D eigenvalue weighted by molar-refractivity contribution is 0.595. The molecule has 2 aromatic carbocycles. The van der Waals surface area contributed by atoms with Gasteiger partial charge in [0, 0.05) is 6.54 Å². The average Bonchev–Trinajstić information content (AvgIpc) is 2.95. The van der Waals surface area contributed by atoms with Crippen LogP contribution in [0.1, 0.15) is 28.7 Å². The van der Waals surface area contributed by atoms with E-state index in [-0.39, 0.29) is 5.75 Å². The summed E-state index contributed by atoms with van der Waals surface area (Å²) in [6.07, 6.45) is 3.18. The Kier molecular flexibility index (Phi) is 3.83. The lowest BCUT2D eigenvalue weighted by Crippen LogP contribution is -2.06. The van der Waals surface area contributed by atoms with Gasteiger partial charge in [-0.25, -0.2) is 8.42 Å². The highest BCUT2D eigenvalue weighted by Crippen LogP contribution is 2.26. The second-order valence-electron chi connectivity index (χ2n) is 5.56. The highest BCUT2D eigenvalue weighted by molar-refractivity contribution is 7.90. The van der Waals surface area contributed by atoms with Gasteiger partial charge in [0.2, 0.25) is 0 Å². The van der Waals surface area contributed by atoms with E-state index in [0.717, 1.165) is 30.4 Å². The number of aryl methyl sites for hydroxylation is 2. The maximum atomic E-state index is 12.5. The van der Waals surface area contributed by atoms with Crippen molar-refractivity contribution >= 4 is 9.84 Å². The number of benzene rings is 2. The van der Waals surface area contributed by atoms with Gasteiger partial charge in [0.1, 0.15) is 0 Å². The molecule has 2 N–H and O–H groups in total. The molecule has 2 aromatic rings.